The summed E-state index contributed by atoms with van der Waals surface area (Å²) in [5.74, 6) is -0.368. The zero-order valence-corrected chi connectivity index (χ0v) is 12.7. The van der Waals surface area contributed by atoms with Crippen molar-refractivity contribution >= 4 is 34.4 Å². The molecule has 5 rings (SSSR count). The van der Waals surface area contributed by atoms with Gasteiger partial charge in [0.05, 0.1) is 34.3 Å². The second-order valence-electron chi connectivity index (χ2n) is 6.11. The average Bonchev–Trinajstić information content (AvgIpc) is 2.62. The average molecular weight is 312 g/mol. The predicted octanol–water partition coefficient (Wildman–Crippen LogP) is 3.85. The lowest BCUT2D eigenvalue weighted by molar-refractivity contribution is 0.0969. The molecule has 2 aliphatic heterocycles. The maximum atomic E-state index is 12.8. The summed E-state index contributed by atoms with van der Waals surface area (Å²) >= 11 is 0. The normalized spacial score (nSPS) is 22.8. The number of hydrogen-bond acceptors (Lipinski definition) is 4. The maximum absolute atomic E-state index is 12.8. The van der Waals surface area contributed by atoms with Crippen molar-refractivity contribution in [2.75, 3.05) is 0 Å². The molecule has 4 nitrogen and oxygen atoms in total. The molecule has 4 aliphatic rings. The van der Waals surface area contributed by atoms with E-state index in [2.05, 4.69) is 9.98 Å². The third kappa shape index (κ3) is 1.74. The first-order valence-electron chi connectivity index (χ1n) is 7.87. The van der Waals surface area contributed by atoms with Crippen LogP contribution in [0.4, 0.5) is 11.4 Å². The number of fused-ring (bicyclic) bond motifs is 4. The first-order chi connectivity index (χ1) is 11.7. The van der Waals surface area contributed by atoms with Gasteiger partial charge in [0, 0.05) is 17.6 Å². The highest BCUT2D eigenvalue weighted by Gasteiger charge is 2.33. The molecule has 0 saturated heterocycles. The molecule has 0 radical (unpaired) electrons. The van der Waals surface area contributed by atoms with Crippen molar-refractivity contribution in [2.45, 2.75) is 6.42 Å². The van der Waals surface area contributed by atoms with Crippen LogP contribution in [0.3, 0.4) is 0 Å². The Balaban J connectivity index is 1.73. The van der Waals surface area contributed by atoms with Gasteiger partial charge in [0.2, 0.25) is 0 Å². The van der Waals surface area contributed by atoms with E-state index in [9.17, 15) is 9.59 Å². The van der Waals surface area contributed by atoms with Gasteiger partial charge in [0.15, 0.2) is 11.6 Å². The monoisotopic (exact) mass is 312 g/mol. The molecular formula is C20H12N2O2. The zero-order chi connectivity index (χ0) is 16.3. The van der Waals surface area contributed by atoms with E-state index < -0.39 is 0 Å². The SMILES string of the molecule is O=C1C2=CC=CCC2=Nc2cc3c(cc21)N=C1C=CC=CC1C3=O. The molecule has 1 unspecified atom stereocenters. The van der Waals surface area contributed by atoms with Crippen molar-refractivity contribution in [1.82, 2.24) is 0 Å². The van der Waals surface area contributed by atoms with Crippen molar-refractivity contribution in [1.29, 1.82) is 0 Å². The minimum absolute atomic E-state index is 0.0101. The van der Waals surface area contributed by atoms with E-state index in [1.54, 1.807) is 18.2 Å². The van der Waals surface area contributed by atoms with Crippen LogP contribution in [0.2, 0.25) is 0 Å². The van der Waals surface area contributed by atoms with Crippen LogP contribution in [0.25, 0.3) is 0 Å². The summed E-state index contributed by atoms with van der Waals surface area (Å²) in [5.41, 5.74) is 4.32. The summed E-state index contributed by atoms with van der Waals surface area (Å²) in [4.78, 5) is 34.7. The van der Waals surface area contributed by atoms with E-state index in [0.717, 1.165) is 11.4 Å². The molecule has 0 fully saturated rings. The van der Waals surface area contributed by atoms with Gasteiger partial charge in [-0.2, -0.15) is 0 Å². The van der Waals surface area contributed by atoms with Gasteiger partial charge in [-0.15, -0.1) is 0 Å². The molecule has 114 valence electrons. The molecule has 0 saturated carbocycles. The van der Waals surface area contributed by atoms with Gasteiger partial charge in [-0.1, -0.05) is 30.4 Å². The van der Waals surface area contributed by atoms with Crippen LogP contribution in [0, 0.1) is 5.92 Å². The summed E-state index contributed by atoms with van der Waals surface area (Å²) in [6.07, 6.45) is 13.7. The Hall–Kier alpha value is -3.14. The minimum Gasteiger partial charge on any atom is -0.293 e. The first-order valence-corrected chi connectivity index (χ1v) is 7.87. The Morgan fingerprint density at radius 3 is 2.71 bits per heavy atom. The van der Waals surface area contributed by atoms with Gasteiger partial charge >= 0.3 is 0 Å². The third-order valence-corrected chi connectivity index (χ3v) is 4.68. The van der Waals surface area contributed by atoms with Crippen LogP contribution in [-0.4, -0.2) is 23.0 Å². The van der Waals surface area contributed by atoms with Crippen LogP contribution in [-0.2, 0) is 0 Å². The van der Waals surface area contributed by atoms with Gasteiger partial charge in [-0.05, 0) is 24.3 Å². The van der Waals surface area contributed by atoms with Gasteiger partial charge in [0.25, 0.3) is 0 Å². The molecule has 1 atom stereocenters. The fraction of sp³-hybridized carbons (Fsp3) is 0.100. The Kier molecular flexibility index (Phi) is 2.59. The number of carbonyl (C=O) groups is 2. The summed E-state index contributed by atoms with van der Waals surface area (Å²) in [7, 11) is 0. The Morgan fingerprint density at radius 2 is 1.79 bits per heavy atom. The number of benzene rings is 1. The molecule has 24 heavy (non-hydrogen) atoms. The lowest BCUT2D eigenvalue weighted by Crippen LogP contribution is -2.26. The second-order valence-corrected chi connectivity index (χ2v) is 6.11. The molecule has 2 heterocycles. The van der Waals surface area contributed by atoms with Gasteiger partial charge in [-0.25, -0.2) is 0 Å². The molecule has 0 amide bonds. The zero-order valence-electron chi connectivity index (χ0n) is 12.7. The molecule has 0 bridgehead atoms. The molecule has 0 N–H and O–H groups in total. The van der Waals surface area contributed by atoms with Crippen molar-refractivity contribution < 1.29 is 9.59 Å². The number of ketones is 2. The molecule has 0 spiro atoms. The van der Waals surface area contributed by atoms with Gasteiger partial charge in [0.1, 0.15) is 0 Å². The third-order valence-electron chi connectivity index (χ3n) is 4.68. The van der Waals surface area contributed by atoms with Crippen LogP contribution in [0.15, 0.2) is 70.2 Å². The van der Waals surface area contributed by atoms with Crippen LogP contribution >= 0.6 is 0 Å². The maximum Gasteiger partial charge on any atom is 0.197 e. The quantitative estimate of drug-likeness (QED) is 0.730. The second kappa shape index (κ2) is 4.68. The van der Waals surface area contributed by atoms with Gasteiger partial charge in [-0.3, -0.25) is 19.6 Å². The van der Waals surface area contributed by atoms with Crippen molar-refractivity contribution in [3.8, 4) is 0 Å². The van der Waals surface area contributed by atoms with E-state index in [0.29, 0.717) is 34.5 Å². The molecular weight excluding hydrogens is 300 g/mol. The minimum atomic E-state index is -0.333. The Bertz CT molecular complexity index is 1020. The summed E-state index contributed by atoms with van der Waals surface area (Å²) in [5, 5.41) is 0. The summed E-state index contributed by atoms with van der Waals surface area (Å²) in [6.45, 7) is 0. The topological polar surface area (TPSA) is 58.9 Å². The molecule has 1 aromatic rings. The molecule has 2 aliphatic carbocycles. The van der Waals surface area contributed by atoms with E-state index in [1.807, 2.05) is 36.5 Å². The highest BCUT2D eigenvalue weighted by Crippen LogP contribution is 2.39. The summed E-state index contributed by atoms with van der Waals surface area (Å²) < 4.78 is 0. The van der Waals surface area contributed by atoms with Crippen LogP contribution < -0.4 is 0 Å². The number of nitrogens with zero attached hydrogens (tertiary/aromatic N) is 2. The highest BCUT2D eigenvalue weighted by molar-refractivity contribution is 6.33. The smallest absolute Gasteiger partial charge is 0.197 e. The highest BCUT2D eigenvalue weighted by atomic mass is 16.1. The standard InChI is InChI=1S/C20H12N2O2/c23-19-11-5-1-3-7-15(11)21-17-10-14-18(9-13(17)19)22-16-8-4-2-6-12(16)20(14)24/h1-7,9-11H,8H2. The number of carbonyl (C=O) groups excluding carboxylic acids is 2. The van der Waals surface area contributed by atoms with Gasteiger partial charge < -0.3 is 0 Å². The van der Waals surface area contributed by atoms with E-state index in [1.165, 1.54) is 0 Å². The fourth-order valence-electron chi connectivity index (χ4n) is 3.46. The summed E-state index contributed by atoms with van der Waals surface area (Å²) in [6, 6.07) is 3.43. The van der Waals surface area contributed by atoms with E-state index in [-0.39, 0.29) is 17.5 Å². The van der Waals surface area contributed by atoms with E-state index in [4.69, 9.17) is 0 Å². The molecule has 0 aromatic heterocycles. The fourth-order valence-corrected chi connectivity index (χ4v) is 3.46. The number of hydrogen-bond donors (Lipinski definition) is 0. The number of Topliss-reactive ketones (excluding diaryl/α,β-unsaturated/α-hetero) is 2. The predicted molar refractivity (Wildman–Crippen MR) is 92.9 cm³/mol. The van der Waals surface area contributed by atoms with E-state index >= 15 is 0 Å². The number of aliphatic imine (C=N–C) groups is 2. The van der Waals surface area contributed by atoms with Crippen LogP contribution in [0.1, 0.15) is 27.1 Å². The van der Waals surface area contributed by atoms with Crippen LogP contribution in [0.5, 0.6) is 0 Å². The molecule has 4 heteroatoms. The Labute approximate surface area is 138 Å². The Morgan fingerprint density at radius 1 is 0.958 bits per heavy atom. The van der Waals surface area contributed by atoms with Crippen molar-refractivity contribution in [3.05, 3.63) is 71.4 Å². The molecule has 1 aromatic carbocycles. The number of allylic oxidation sites excluding steroid dienone is 8. The largest absolute Gasteiger partial charge is 0.293 e. The van der Waals surface area contributed by atoms with Crippen molar-refractivity contribution in [3.63, 3.8) is 0 Å². The lowest BCUT2D eigenvalue weighted by Gasteiger charge is -2.24. The van der Waals surface area contributed by atoms with Crippen molar-refractivity contribution in [2.24, 2.45) is 15.9 Å². The lowest BCUT2D eigenvalue weighted by atomic mass is 9.84. The number of rotatable bonds is 0. The first kappa shape index (κ1) is 13.3.